The van der Waals surface area contributed by atoms with Gasteiger partial charge in [0.15, 0.2) is 4.73 Å². The Balaban J connectivity index is 1.82. The standard InChI is InChI=1S/C16H18BrN5O2S/c1-11-15(12(2)21(3)19-11)20-25(23,24)14-6-4-13(5-7-14)10-22-9-8-18-16(22)17/h4-9,20H,10H2,1-3H3. The minimum atomic E-state index is -3.66. The van der Waals surface area contributed by atoms with Gasteiger partial charge in [-0.1, -0.05) is 12.1 Å². The van der Waals surface area contributed by atoms with Crippen molar-refractivity contribution in [1.82, 2.24) is 19.3 Å². The molecule has 0 aliphatic heterocycles. The lowest BCUT2D eigenvalue weighted by molar-refractivity contribution is 0.601. The van der Waals surface area contributed by atoms with Crippen LogP contribution in [-0.4, -0.2) is 27.7 Å². The highest BCUT2D eigenvalue weighted by atomic mass is 79.9. The Labute approximate surface area is 154 Å². The van der Waals surface area contributed by atoms with E-state index in [0.29, 0.717) is 17.9 Å². The van der Waals surface area contributed by atoms with Gasteiger partial charge in [0.1, 0.15) is 0 Å². The highest BCUT2D eigenvalue weighted by molar-refractivity contribution is 9.10. The van der Waals surface area contributed by atoms with Gasteiger partial charge in [-0.25, -0.2) is 13.4 Å². The number of hydrogen-bond donors (Lipinski definition) is 1. The third-order valence-electron chi connectivity index (χ3n) is 4.00. The van der Waals surface area contributed by atoms with Crippen LogP contribution in [0.5, 0.6) is 0 Å². The molecule has 3 aromatic rings. The Morgan fingerprint density at radius 2 is 1.88 bits per heavy atom. The van der Waals surface area contributed by atoms with Gasteiger partial charge in [0.2, 0.25) is 0 Å². The molecule has 0 fully saturated rings. The number of rotatable bonds is 5. The van der Waals surface area contributed by atoms with E-state index in [1.54, 1.807) is 49.1 Å². The summed E-state index contributed by atoms with van der Waals surface area (Å²) in [6.45, 7) is 4.20. The fourth-order valence-electron chi connectivity index (χ4n) is 2.51. The second-order valence-corrected chi connectivity index (χ2v) is 8.13. The summed E-state index contributed by atoms with van der Waals surface area (Å²) in [6, 6.07) is 6.79. The molecule has 0 unspecified atom stereocenters. The predicted octanol–water partition coefficient (Wildman–Crippen LogP) is 2.85. The minimum absolute atomic E-state index is 0.212. The minimum Gasteiger partial charge on any atom is -0.321 e. The smallest absolute Gasteiger partial charge is 0.262 e. The summed E-state index contributed by atoms with van der Waals surface area (Å²) in [5.41, 5.74) is 2.91. The van der Waals surface area contributed by atoms with E-state index in [0.717, 1.165) is 16.0 Å². The first-order valence-corrected chi connectivity index (χ1v) is 9.84. The Hall–Kier alpha value is -2.13. The summed E-state index contributed by atoms with van der Waals surface area (Å²) >= 11 is 3.36. The van der Waals surface area contributed by atoms with Gasteiger partial charge in [0.05, 0.1) is 22.0 Å². The van der Waals surface area contributed by atoms with Gasteiger partial charge in [0, 0.05) is 26.0 Å². The molecular formula is C16H18BrN5O2S. The summed E-state index contributed by atoms with van der Waals surface area (Å²) < 4.78 is 32.2. The molecule has 0 atom stereocenters. The highest BCUT2D eigenvalue weighted by Crippen LogP contribution is 2.23. The Bertz CT molecular complexity index is 1010. The summed E-state index contributed by atoms with van der Waals surface area (Å²) in [4.78, 5) is 4.31. The van der Waals surface area contributed by atoms with E-state index in [9.17, 15) is 8.42 Å². The number of aromatic nitrogens is 4. The summed E-state index contributed by atoms with van der Waals surface area (Å²) in [7, 11) is -1.88. The Morgan fingerprint density at radius 1 is 1.20 bits per heavy atom. The number of nitrogens with zero attached hydrogens (tertiary/aromatic N) is 4. The van der Waals surface area contributed by atoms with Crippen LogP contribution >= 0.6 is 15.9 Å². The largest absolute Gasteiger partial charge is 0.321 e. The van der Waals surface area contributed by atoms with E-state index in [1.807, 2.05) is 17.7 Å². The van der Waals surface area contributed by atoms with Crippen molar-refractivity contribution in [3.63, 3.8) is 0 Å². The van der Waals surface area contributed by atoms with E-state index in [-0.39, 0.29) is 4.90 Å². The van der Waals surface area contributed by atoms with Crippen LogP contribution in [0.1, 0.15) is 17.0 Å². The molecule has 7 nitrogen and oxygen atoms in total. The molecule has 25 heavy (non-hydrogen) atoms. The van der Waals surface area contributed by atoms with Crippen molar-refractivity contribution in [2.45, 2.75) is 25.3 Å². The monoisotopic (exact) mass is 423 g/mol. The summed E-state index contributed by atoms with van der Waals surface area (Å²) in [5, 5.41) is 4.23. The zero-order chi connectivity index (χ0) is 18.2. The topological polar surface area (TPSA) is 81.8 Å². The maximum absolute atomic E-state index is 12.6. The third kappa shape index (κ3) is 3.62. The number of hydrogen-bond acceptors (Lipinski definition) is 4. The maximum Gasteiger partial charge on any atom is 0.262 e. The molecule has 0 aliphatic carbocycles. The lowest BCUT2D eigenvalue weighted by atomic mass is 10.2. The van der Waals surface area contributed by atoms with Crippen LogP contribution < -0.4 is 4.72 Å². The van der Waals surface area contributed by atoms with Crippen molar-refractivity contribution in [3.05, 3.63) is 58.3 Å². The first kappa shape index (κ1) is 17.7. The van der Waals surface area contributed by atoms with Crippen molar-refractivity contribution >= 4 is 31.6 Å². The average Bonchev–Trinajstić information content (AvgIpc) is 3.06. The molecule has 0 bridgehead atoms. The van der Waals surface area contributed by atoms with E-state index in [2.05, 4.69) is 30.7 Å². The molecule has 1 N–H and O–H groups in total. The van der Waals surface area contributed by atoms with Crippen molar-refractivity contribution < 1.29 is 8.42 Å². The molecular weight excluding hydrogens is 406 g/mol. The normalized spacial score (nSPS) is 11.7. The molecule has 1 aromatic carbocycles. The SMILES string of the molecule is Cc1nn(C)c(C)c1NS(=O)(=O)c1ccc(Cn2ccnc2Br)cc1. The van der Waals surface area contributed by atoms with Gasteiger partial charge in [-0.05, 0) is 47.5 Å². The number of sulfonamides is 1. The number of aryl methyl sites for hydroxylation is 2. The van der Waals surface area contributed by atoms with Gasteiger partial charge in [-0.15, -0.1) is 0 Å². The lowest BCUT2D eigenvalue weighted by Gasteiger charge is -2.10. The van der Waals surface area contributed by atoms with Gasteiger partial charge in [0.25, 0.3) is 10.0 Å². The van der Waals surface area contributed by atoms with E-state index in [4.69, 9.17) is 0 Å². The van der Waals surface area contributed by atoms with Crippen LogP contribution in [0.15, 0.2) is 46.3 Å². The van der Waals surface area contributed by atoms with Gasteiger partial charge >= 0.3 is 0 Å². The summed E-state index contributed by atoms with van der Waals surface area (Å²) in [5.74, 6) is 0. The average molecular weight is 424 g/mol. The van der Waals surface area contributed by atoms with Crippen LogP contribution in [0.2, 0.25) is 0 Å². The molecule has 9 heteroatoms. The first-order valence-electron chi connectivity index (χ1n) is 7.56. The summed E-state index contributed by atoms with van der Waals surface area (Å²) in [6.07, 6.45) is 3.55. The van der Waals surface area contributed by atoms with Crippen molar-refractivity contribution in [3.8, 4) is 0 Å². The third-order valence-corrected chi connectivity index (χ3v) is 6.02. The number of halogens is 1. The first-order chi connectivity index (χ1) is 11.8. The van der Waals surface area contributed by atoms with Crippen molar-refractivity contribution in [2.75, 3.05) is 4.72 Å². The predicted molar refractivity (Wildman–Crippen MR) is 99.0 cm³/mol. The zero-order valence-corrected chi connectivity index (χ0v) is 16.5. The van der Waals surface area contributed by atoms with Crippen molar-refractivity contribution in [2.24, 2.45) is 7.05 Å². The number of nitrogens with one attached hydrogen (secondary N) is 1. The van der Waals surface area contributed by atoms with Crippen LogP contribution in [-0.2, 0) is 23.6 Å². The number of benzene rings is 1. The molecule has 0 amide bonds. The van der Waals surface area contributed by atoms with E-state index < -0.39 is 10.0 Å². The zero-order valence-electron chi connectivity index (χ0n) is 14.1. The lowest BCUT2D eigenvalue weighted by Crippen LogP contribution is -2.14. The fraction of sp³-hybridized carbons (Fsp3) is 0.250. The molecule has 0 saturated heterocycles. The molecule has 0 aliphatic rings. The molecule has 0 saturated carbocycles. The molecule has 0 radical (unpaired) electrons. The van der Waals surface area contributed by atoms with Crippen LogP contribution in [0.4, 0.5) is 5.69 Å². The second-order valence-electron chi connectivity index (χ2n) is 5.74. The van der Waals surface area contributed by atoms with Crippen molar-refractivity contribution in [1.29, 1.82) is 0 Å². The van der Waals surface area contributed by atoms with Gasteiger partial charge in [-0.2, -0.15) is 5.10 Å². The number of anilines is 1. The van der Waals surface area contributed by atoms with E-state index >= 15 is 0 Å². The van der Waals surface area contributed by atoms with Crippen LogP contribution in [0.3, 0.4) is 0 Å². The molecule has 2 aromatic heterocycles. The fourth-order valence-corrected chi connectivity index (χ4v) is 4.05. The quantitative estimate of drug-likeness (QED) is 0.683. The van der Waals surface area contributed by atoms with Gasteiger partial charge < -0.3 is 4.57 Å². The molecule has 2 heterocycles. The Morgan fingerprint density at radius 3 is 2.40 bits per heavy atom. The molecule has 132 valence electrons. The van der Waals surface area contributed by atoms with Crippen LogP contribution in [0.25, 0.3) is 0 Å². The highest BCUT2D eigenvalue weighted by Gasteiger charge is 2.19. The number of imidazole rings is 1. The molecule has 3 rings (SSSR count). The molecule has 0 spiro atoms. The van der Waals surface area contributed by atoms with Gasteiger partial charge in [-0.3, -0.25) is 9.40 Å². The maximum atomic E-state index is 12.6. The Kier molecular flexibility index (Phi) is 4.70. The van der Waals surface area contributed by atoms with E-state index in [1.165, 1.54) is 0 Å². The van der Waals surface area contributed by atoms with Crippen LogP contribution in [0, 0.1) is 13.8 Å². The second kappa shape index (κ2) is 6.64.